The second-order valence-corrected chi connectivity index (χ2v) is 10.9. The number of aromatic nitrogens is 3. The number of ether oxygens (including phenoxy) is 1. The van der Waals surface area contributed by atoms with Crippen LogP contribution >= 0.6 is 11.6 Å². The lowest BCUT2D eigenvalue weighted by molar-refractivity contribution is -0.167. The number of H-pyrrole nitrogens is 2. The van der Waals surface area contributed by atoms with Crippen LogP contribution in [-0.2, 0) is 22.5 Å². The number of hydrogen-bond donors (Lipinski definition) is 2. The summed E-state index contributed by atoms with van der Waals surface area (Å²) in [7, 11) is 0. The summed E-state index contributed by atoms with van der Waals surface area (Å²) in [5.74, 6) is -1.02. The van der Waals surface area contributed by atoms with Crippen LogP contribution in [0, 0.1) is 0 Å². The zero-order chi connectivity index (χ0) is 28.9. The number of fused-ring (bicyclic) bond motifs is 4. The largest absolute Gasteiger partial charge is 0.436 e. The molecule has 2 aliphatic rings. The average Bonchev–Trinajstić information content (AvgIpc) is 3.39. The number of hydrogen-bond acceptors (Lipinski definition) is 5. The Hall–Kier alpha value is -4.06. The lowest BCUT2D eigenvalue weighted by atomic mass is 9.89. The second kappa shape index (κ2) is 10.4. The molecule has 214 valence electrons. The predicted molar refractivity (Wildman–Crippen MR) is 145 cm³/mol. The first-order chi connectivity index (χ1) is 19.6. The number of piperidine rings is 1. The maximum Gasteiger partial charge on any atom is 0.410 e. The number of rotatable bonds is 3. The van der Waals surface area contributed by atoms with E-state index >= 15 is 0 Å². The number of halogens is 4. The number of carbonyl (C=O) groups is 2. The zero-order valence-electron chi connectivity index (χ0n) is 21.6. The van der Waals surface area contributed by atoms with E-state index in [-0.39, 0.29) is 37.5 Å². The van der Waals surface area contributed by atoms with Gasteiger partial charge in [-0.25, -0.2) is 4.79 Å². The van der Waals surface area contributed by atoms with E-state index in [1.54, 1.807) is 6.07 Å². The minimum Gasteiger partial charge on any atom is -0.436 e. The number of aromatic amines is 2. The van der Waals surface area contributed by atoms with Crippen LogP contribution < -0.4 is 5.56 Å². The van der Waals surface area contributed by atoms with Crippen LogP contribution in [0.2, 0.25) is 5.02 Å². The van der Waals surface area contributed by atoms with Crippen LogP contribution in [0.25, 0.3) is 21.8 Å². The van der Waals surface area contributed by atoms with E-state index in [0.717, 1.165) is 10.9 Å². The minimum atomic E-state index is -4.65. The number of para-hydroxylation sites is 1. The Labute approximate surface area is 236 Å². The van der Waals surface area contributed by atoms with Crippen LogP contribution in [0.15, 0.2) is 47.4 Å². The zero-order valence-corrected chi connectivity index (χ0v) is 22.4. The van der Waals surface area contributed by atoms with Crippen molar-refractivity contribution >= 4 is 45.4 Å². The summed E-state index contributed by atoms with van der Waals surface area (Å²) < 4.78 is 45.9. The van der Waals surface area contributed by atoms with Crippen molar-refractivity contribution in [3.8, 4) is 0 Å². The molecule has 1 saturated heterocycles. The van der Waals surface area contributed by atoms with Crippen molar-refractivity contribution < 1.29 is 27.5 Å². The number of amides is 2. The van der Waals surface area contributed by atoms with Crippen molar-refractivity contribution in [1.29, 1.82) is 0 Å². The summed E-state index contributed by atoms with van der Waals surface area (Å²) in [4.78, 5) is 44.1. The monoisotopic (exact) mass is 587 g/mol. The maximum absolute atomic E-state index is 13.4. The van der Waals surface area contributed by atoms with Gasteiger partial charge in [-0.1, -0.05) is 29.8 Å². The molecule has 6 rings (SSSR count). The summed E-state index contributed by atoms with van der Waals surface area (Å²) >= 11 is 6.36. The average molecular weight is 588 g/mol. The molecule has 0 spiro atoms. The molecule has 4 heterocycles. The maximum atomic E-state index is 13.4. The number of carbonyl (C=O) groups excluding carboxylic acids is 2. The molecule has 1 fully saturated rings. The molecule has 0 aliphatic carbocycles. The number of nitrogens with one attached hydrogen (secondary N) is 2. The van der Waals surface area contributed by atoms with E-state index in [0.29, 0.717) is 50.4 Å². The number of pyridine rings is 1. The molecule has 0 bridgehead atoms. The smallest absolute Gasteiger partial charge is 0.410 e. The van der Waals surface area contributed by atoms with Crippen LogP contribution in [0.5, 0.6) is 0 Å². The van der Waals surface area contributed by atoms with Crippen molar-refractivity contribution in [2.24, 2.45) is 0 Å². The van der Waals surface area contributed by atoms with Crippen molar-refractivity contribution in [2.45, 2.75) is 44.0 Å². The van der Waals surface area contributed by atoms with Gasteiger partial charge in [0.25, 0.3) is 11.5 Å². The molecule has 4 aromatic rings. The molecule has 9 nitrogen and oxygen atoms in total. The number of likely N-dealkylation sites (tertiary alicyclic amines) is 1. The van der Waals surface area contributed by atoms with Crippen molar-refractivity contribution in [3.05, 3.63) is 74.7 Å². The summed E-state index contributed by atoms with van der Waals surface area (Å²) in [5, 5.41) is 8.38. The Morgan fingerprint density at radius 2 is 1.90 bits per heavy atom. The first kappa shape index (κ1) is 27.1. The fraction of sp³-hybridized carbons (Fsp3) is 0.357. The Morgan fingerprint density at radius 3 is 2.66 bits per heavy atom. The molecule has 0 radical (unpaired) electrons. The molecule has 2 aromatic carbocycles. The molecule has 2 aliphatic heterocycles. The van der Waals surface area contributed by atoms with Gasteiger partial charge in [-0.2, -0.15) is 18.3 Å². The Balaban J connectivity index is 1.20. The van der Waals surface area contributed by atoms with Gasteiger partial charge < -0.3 is 19.5 Å². The molecule has 0 saturated carbocycles. The van der Waals surface area contributed by atoms with Crippen LogP contribution in [0.3, 0.4) is 0 Å². The number of benzene rings is 2. The van der Waals surface area contributed by atoms with Crippen molar-refractivity contribution in [2.75, 3.05) is 19.6 Å². The van der Waals surface area contributed by atoms with Gasteiger partial charge >= 0.3 is 12.3 Å². The highest BCUT2D eigenvalue weighted by Crippen LogP contribution is 2.34. The first-order valence-corrected chi connectivity index (χ1v) is 13.5. The van der Waals surface area contributed by atoms with Crippen LogP contribution in [0.1, 0.15) is 35.4 Å². The number of alkyl halides is 3. The number of nitrogens with zero attached hydrogens (tertiary/aromatic N) is 3. The summed E-state index contributed by atoms with van der Waals surface area (Å²) in [6.45, 7) is -1.30. The quantitative estimate of drug-likeness (QED) is 0.355. The fourth-order valence-electron chi connectivity index (χ4n) is 5.79. The standard InChI is InChI=1S/C28H25ClF3N5O4/c29-21-10-17-11-23(26(39)37(14-28(30,31)32)13-20(17)19-12-33-35-24(19)21)41-27(40)36-7-5-15(6-8-36)18-9-16-3-1-2-4-22(16)34-25(18)38/h1-4,9-10,12,15,23H,5-8,11,13-14H2,(H,33,35)(H,34,38). The van der Waals surface area contributed by atoms with Crippen LogP contribution in [-0.4, -0.2) is 68.9 Å². The van der Waals surface area contributed by atoms with E-state index < -0.39 is 30.8 Å². The van der Waals surface area contributed by atoms with Gasteiger partial charge in [0, 0.05) is 42.5 Å². The molecule has 1 unspecified atom stereocenters. The third kappa shape index (κ3) is 5.35. The lowest BCUT2D eigenvalue weighted by Crippen LogP contribution is -2.47. The Kier molecular flexibility index (Phi) is 6.88. The van der Waals surface area contributed by atoms with Gasteiger partial charge in [0.15, 0.2) is 6.10 Å². The SMILES string of the molecule is O=C(OC1Cc2cc(Cl)c3[nH]ncc3c2CN(CC(F)(F)F)C1=O)N1CCC(c2cc3ccccc3[nH]c2=O)CC1. The van der Waals surface area contributed by atoms with Gasteiger partial charge in [0.1, 0.15) is 6.54 Å². The Morgan fingerprint density at radius 1 is 1.15 bits per heavy atom. The fourth-order valence-corrected chi connectivity index (χ4v) is 6.07. The highest BCUT2D eigenvalue weighted by molar-refractivity contribution is 6.35. The predicted octanol–water partition coefficient (Wildman–Crippen LogP) is 4.89. The normalized spacial score (nSPS) is 18.5. The van der Waals surface area contributed by atoms with Crippen molar-refractivity contribution in [1.82, 2.24) is 25.0 Å². The molecular weight excluding hydrogens is 563 g/mol. The molecule has 2 aromatic heterocycles. The summed E-state index contributed by atoms with van der Waals surface area (Å²) in [6.07, 6.45) is -4.60. The highest BCUT2D eigenvalue weighted by atomic mass is 35.5. The van der Waals surface area contributed by atoms with Gasteiger partial charge in [-0.05, 0) is 53.5 Å². The van der Waals surface area contributed by atoms with Gasteiger partial charge in [-0.15, -0.1) is 0 Å². The molecular formula is C28H25ClF3N5O4. The molecule has 1 atom stereocenters. The second-order valence-electron chi connectivity index (χ2n) is 10.4. The van der Waals surface area contributed by atoms with E-state index in [1.807, 2.05) is 30.3 Å². The summed E-state index contributed by atoms with van der Waals surface area (Å²) in [5.41, 5.74) is 2.63. The first-order valence-electron chi connectivity index (χ1n) is 13.1. The van der Waals surface area contributed by atoms with E-state index in [1.165, 1.54) is 11.1 Å². The molecule has 2 N–H and O–H groups in total. The van der Waals surface area contributed by atoms with Gasteiger partial charge in [-0.3, -0.25) is 14.7 Å². The topological polar surface area (TPSA) is 111 Å². The van der Waals surface area contributed by atoms with E-state index in [9.17, 15) is 27.6 Å². The lowest BCUT2D eigenvalue weighted by Gasteiger charge is -2.32. The van der Waals surface area contributed by atoms with Crippen molar-refractivity contribution in [3.63, 3.8) is 0 Å². The van der Waals surface area contributed by atoms with Gasteiger partial charge in [0.2, 0.25) is 0 Å². The highest BCUT2D eigenvalue weighted by Gasteiger charge is 2.40. The van der Waals surface area contributed by atoms with Gasteiger partial charge in [0.05, 0.1) is 16.7 Å². The summed E-state index contributed by atoms with van der Waals surface area (Å²) in [6, 6.07) is 10.9. The molecule has 41 heavy (non-hydrogen) atoms. The third-order valence-corrected chi connectivity index (χ3v) is 8.12. The van der Waals surface area contributed by atoms with Crippen LogP contribution in [0.4, 0.5) is 18.0 Å². The van der Waals surface area contributed by atoms with E-state index in [2.05, 4.69) is 15.2 Å². The van der Waals surface area contributed by atoms with E-state index in [4.69, 9.17) is 16.3 Å². The minimum absolute atomic E-state index is 0.0828. The third-order valence-electron chi connectivity index (χ3n) is 7.82. The molecule has 13 heteroatoms. The Bertz CT molecular complexity index is 1710. The molecule has 2 amide bonds.